The van der Waals surface area contributed by atoms with Crippen LogP contribution < -0.4 is 5.32 Å². The molecule has 0 aromatic carbocycles. The highest BCUT2D eigenvalue weighted by molar-refractivity contribution is 5.76. The van der Waals surface area contributed by atoms with Gasteiger partial charge in [-0.25, -0.2) is 0 Å². The van der Waals surface area contributed by atoms with Gasteiger partial charge in [-0.15, -0.1) is 0 Å². The lowest BCUT2D eigenvalue weighted by atomic mass is 9.99. The first-order chi connectivity index (χ1) is 34.2. The first-order valence-electron chi connectivity index (χ1n) is 29.3. The summed E-state index contributed by atoms with van der Waals surface area (Å²) in [4.78, 5) is 25.0. The van der Waals surface area contributed by atoms with Gasteiger partial charge < -0.3 is 45.1 Å². The third kappa shape index (κ3) is 38.5. The Labute approximate surface area is 428 Å². The van der Waals surface area contributed by atoms with Crippen molar-refractivity contribution in [1.29, 1.82) is 0 Å². The van der Waals surface area contributed by atoms with Crippen molar-refractivity contribution in [3.8, 4) is 0 Å². The molecule has 11 nitrogen and oxygen atoms in total. The molecule has 410 valence electrons. The SMILES string of the molecule is CCC/C=C/CC/C=C/CC/C=C/C(O)C(COC1OC(CO)C(O)C(O)C1O)NC(=O)CCCCCCCCCCCCCCCCCCCCCCOC(=O)CCCCCCCCCCCCC. The topological polar surface area (TPSA) is 175 Å². The van der Waals surface area contributed by atoms with Crippen molar-refractivity contribution in [2.45, 2.75) is 307 Å². The Morgan fingerprint density at radius 2 is 0.929 bits per heavy atom. The number of carbonyl (C=O) groups is 2. The molecule has 1 saturated heterocycles. The zero-order valence-corrected chi connectivity index (χ0v) is 45.0. The van der Waals surface area contributed by atoms with Crippen LogP contribution in [0, 0.1) is 0 Å². The van der Waals surface area contributed by atoms with Crippen LogP contribution in [0.5, 0.6) is 0 Å². The maximum atomic E-state index is 13.0. The molecule has 0 bridgehead atoms. The normalized spacial score (nSPS) is 19.4. The summed E-state index contributed by atoms with van der Waals surface area (Å²) in [7, 11) is 0. The number of amides is 1. The van der Waals surface area contributed by atoms with Crippen LogP contribution in [-0.4, -0.2) is 100 Å². The van der Waals surface area contributed by atoms with Crippen LogP contribution in [0.3, 0.4) is 0 Å². The van der Waals surface area contributed by atoms with Crippen LogP contribution in [-0.2, 0) is 23.8 Å². The number of hydrogen-bond donors (Lipinski definition) is 6. The monoisotopic (exact) mass is 992 g/mol. The molecular weight excluding hydrogens is 883 g/mol. The Balaban J connectivity index is 2.06. The van der Waals surface area contributed by atoms with Crippen LogP contribution in [0.25, 0.3) is 0 Å². The van der Waals surface area contributed by atoms with Gasteiger partial charge in [-0.2, -0.15) is 0 Å². The molecule has 7 atom stereocenters. The second kappa shape index (κ2) is 49.1. The van der Waals surface area contributed by atoms with Gasteiger partial charge in [0.25, 0.3) is 0 Å². The number of aliphatic hydroxyl groups excluding tert-OH is 5. The molecule has 70 heavy (non-hydrogen) atoms. The van der Waals surface area contributed by atoms with E-state index in [4.69, 9.17) is 14.2 Å². The van der Waals surface area contributed by atoms with Crippen molar-refractivity contribution in [3.05, 3.63) is 36.5 Å². The summed E-state index contributed by atoms with van der Waals surface area (Å²) in [5.74, 6) is -0.205. The molecular formula is C59H109NO10. The zero-order chi connectivity index (χ0) is 51.0. The predicted octanol–water partition coefficient (Wildman–Crippen LogP) is 13.1. The average molecular weight is 993 g/mol. The lowest BCUT2D eigenvalue weighted by molar-refractivity contribution is -0.302. The molecule has 1 aliphatic rings. The highest BCUT2D eigenvalue weighted by atomic mass is 16.7. The van der Waals surface area contributed by atoms with Crippen LogP contribution in [0.4, 0.5) is 0 Å². The number of nitrogens with one attached hydrogen (secondary N) is 1. The maximum Gasteiger partial charge on any atom is 0.305 e. The van der Waals surface area contributed by atoms with Gasteiger partial charge in [-0.05, 0) is 51.4 Å². The predicted molar refractivity (Wildman–Crippen MR) is 287 cm³/mol. The first-order valence-corrected chi connectivity index (χ1v) is 29.3. The Kier molecular flexibility index (Phi) is 46.2. The number of allylic oxidation sites excluding steroid dienone is 5. The van der Waals surface area contributed by atoms with E-state index in [2.05, 4.69) is 43.5 Å². The number of rotatable bonds is 50. The van der Waals surface area contributed by atoms with E-state index in [9.17, 15) is 35.1 Å². The minimum atomic E-state index is -1.58. The van der Waals surface area contributed by atoms with Gasteiger partial charge >= 0.3 is 5.97 Å². The Morgan fingerprint density at radius 3 is 1.39 bits per heavy atom. The smallest absolute Gasteiger partial charge is 0.305 e. The molecule has 0 aromatic heterocycles. The summed E-state index contributed by atoms with van der Waals surface area (Å²) in [5.41, 5.74) is 0. The molecule has 0 radical (unpaired) electrons. The molecule has 6 N–H and O–H groups in total. The van der Waals surface area contributed by atoms with Crippen molar-refractivity contribution in [3.63, 3.8) is 0 Å². The zero-order valence-electron chi connectivity index (χ0n) is 45.0. The summed E-state index contributed by atoms with van der Waals surface area (Å²) in [6, 6.07) is -0.835. The van der Waals surface area contributed by atoms with E-state index >= 15 is 0 Å². The maximum absolute atomic E-state index is 13.0. The number of hydrogen-bond acceptors (Lipinski definition) is 10. The fourth-order valence-corrected chi connectivity index (χ4v) is 9.06. The molecule has 1 amide bonds. The fraction of sp³-hybridized carbons (Fsp3) is 0.864. The van der Waals surface area contributed by atoms with Crippen molar-refractivity contribution in [2.75, 3.05) is 19.8 Å². The van der Waals surface area contributed by atoms with Crippen LogP contribution in [0.15, 0.2) is 36.5 Å². The molecule has 1 rings (SSSR count). The summed E-state index contributed by atoms with van der Waals surface area (Å²) in [6.07, 6.45) is 49.6. The van der Waals surface area contributed by atoms with Gasteiger partial charge in [0.2, 0.25) is 5.91 Å². The van der Waals surface area contributed by atoms with Crippen LogP contribution in [0.1, 0.15) is 264 Å². The van der Waals surface area contributed by atoms with Crippen LogP contribution in [0.2, 0.25) is 0 Å². The molecule has 1 heterocycles. The lowest BCUT2D eigenvalue weighted by Gasteiger charge is -2.40. The fourth-order valence-electron chi connectivity index (χ4n) is 9.06. The lowest BCUT2D eigenvalue weighted by Crippen LogP contribution is -2.60. The summed E-state index contributed by atoms with van der Waals surface area (Å²) in [6.45, 7) is 4.24. The van der Waals surface area contributed by atoms with E-state index in [-0.39, 0.29) is 18.5 Å². The van der Waals surface area contributed by atoms with E-state index in [1.165, 1.54) is 154 Å². The molecule has 1 fully saturated rings. The molecule has 1 aliphatic heterocycles. The second-order valence-electron chi connectivity index (χ2n) is 20.3. The Morgan fingerprint density at radius 1 is 0.514 bits per heavy atom. The van der Waals surface area contributed by atoms with Crippen molar-refractivity contribution < 1.29 is 49.3 Å². The third-order valence-electron chi connectivity index (χ3n) is 13.7. The van der Waals surface area contributed by atoms with E-state index < -0.39 is 49.5 Å². The number of unbranched alkanes of at least 4 members (excludes halogenated alkanes) is 32. The average Bonchev–Trinajstić information content (AvgIpc) is 3.36. The minimum absolute atomic E-state index is 0.00490. The number of esters is 1. The highest BCUT2D eigenvalue weighted by Gasteiger charge is 2.44. The minimum Gasteiger partial charge on any atom is -0.466 e. The van der Waals surface area contributed by atoms with Crippen molar-refractivity contribution in [1.82, 2.24) is 5.32 Å². The van der Waals surface area contributed by atoms with Crippen molar-refractivity contribution in [2.24, 2.45) is 0 Å². The van der Waals surface area contributed by atoms with E-state index in [1.54, 1.807) is 6.08 Å². The molecule has 7 unspecified atom stereocenters. The van der Waals surface area contributed by atoms with Gasteiger partial charge in [-0.1, -0.05) is 237 Å². The largest absolute Gasteiger partial charge is 0.466 e. The first kappa shape index (κ1) is 65.9. The highest BCUT2D eigenvalue weighted by Crippen LogP contribution is 2.23. The molecule has 11 heteroatoms. The Bertz CT molecular complexity index is 1260. The van der Waals surface area contributed by atoms with E-state index in [0.29, 0.717) is 19.4 Å². The molecule has 0 saturated carbocycles. The third-order valence-corrected chi connectivity index (χ3v) is 13.7. The van der Waals surface area contributed by atoms with Crippen molar-refractivity contribution >= 4 is 11.9 Å². The number of ether oxygens (including phenoxy) is 3. The summed E-state index contributed by atoms with van der Waals surface area (Å²) in [5, 5.41) is 54.2. The van der Waals surface area contributed by atoms with E-state index in [1.807, 2.05) is 6.08 Å². The van der Waals surface area contributed by atoms with Gasteiger partial charge in [-0.3, -0.25) is 9.59 Å². The quantitative estimate of drug-likeness (QED) is 0.0195. The second-order valence-corrected chi connectivity index (χ2v) is 20.3. The molecule has 0 aliphatic carbocycles. The number of aliphatic hydroxyl groups is 5. The number of carbonyl (C=O) groups excluding carboxylic acids is 2. The summed E-state index contributed by atoms with van der Waals surface area (Å²) >= 11 is 0. The molecule has 0 aromatic rings. The Hall–Kier alpha value is -2.12. The summed E-state index contributed by atoms with van der Waals surface area (Å²) < 4.78 is 16.7. The molecule has 0 spiro atoms. The van der Waals surface area contributed by atoms with Crippen LogP contribution >= 0.6 is 0 Å². The standard InChI is InChI=1S/C59H109NO10/c1-3-5-7-9-11-13-25-29-33-37-41-45-52(62)51(50-69-59-58(67)57(66)56(65)53(49-61)70-59)60-54(63)46-42-38-34-30-27-23-21-19-17-15-16-18-20-22-24-28-32-36-40-44-48-68-55(64)47-43-39-35-31-26-14-12-10-8-6-4-2/h7,9,25,29,41,45,51-53,56-59,61-62,65-67H,3-6,8,10-24,26-28,30-40,42-44,46-50H2,1-2H3,(H,60,63)/b9-7+,29-25+,45-41+. The van der Waals surface area contributed by atoms with E-state index in [0.717, 1.165) is 83.5 Å². The van der Waals surface area contributed by atoms with Gasteiger partial charge in [0.15, 0.2) is 6.29 Å². The van der Waals surface area contributed by atoms with Gasteiger partial charge in [0.05, 0.1) is 32.0 Å². The van der Waals surface area contributed by atoms with Gasteiger partial charge in [0.1, 0.15) is 24.4 Å². The van der Waals surface area contributed by atoms with Gasteiger partial charge in [0, 0.05) is 12.8 Å².